The number of rotatable bonds is 6. The smallest absolute Gasteiger partial charge is 0.0589 e. The molecule has 96 valence electrons. The highest BCUT2D eigenvalue weighted by Crippen LogP contribution is 2.29. The molecule has 0 radical (unpaired) electrons. The number of aliphatic hydroxyl groups is 1. The van der Waals surface area contributed by atoms with Crippen LogP contribution in [0.3, 0.4) is 0 Å². The molecule has 0 aromatic rings. The van der Waals surface area contributed by atoms with Crippen molar-refractivity contribution < 1.29 is 9.84 Å². The molecule has 3 atom stereocenters. The van der Waals surface area contributed by atoms with Crippen molar-refractivity contribution in [1.29, 1.82) is 0 Å². The number of nitrogens with zero attached hydrogens (tertiary/aromatic N) is 1. The first-order valence-electron chi connectivity index (χ1n) is 6.56. The van der Waals surface area contributed by atoms with Gasteiger partial charge >= 0.3 is 0 Å². The summed E-state index contributed by atoms with van der Waals surface area (Å²) >= 11 is 0. The Morgan fingerprint density at radius 1 is 1.38 bits per heavy atom. The molecule has 0 amide bonds. The molecule has 1 aliphatic carbocycles. The summed E-state index contributed by atoms with van der Waals surface area (Å²) in [5.74, 6) is 1.23. The minimum Gasteiger partial charge on any atom is -0.393 e. The third kappa shape index (κ3) is 4.40. The Morgan fingerprint density at radius 2 is 2.12 bits per heavy atom. The molecule has 1 fully saturated rings. The molecule has 0 aromatic heterocycles. The predicted molar refractivity (Wildman–Crippen MR) is 66.5 cm³/mol. The summed E-state index contributed by atoms with van der Waals surface area (Å²) in [6.07, 6.45) is 3.24. The van der Waals surface area contributed by atoms with Crippen LogP contribution in [0, 0.1) is 11.8 Å². The summed E-state index contributed by atoms with van der Waals surface area (Å²) in [5, 5.41) is 10.00. The van der Waals surface area contributed by atoms with E-state index in [4.69, 9.17) is 4.74 Å². The molecule has 0 saturated heterocycles. The minimum atomic E-state index is -0.0900. The molecule has 0 aromatic carbocycles. The van der Waals surface area contributed by atoms with Gasteiger partial charge in [-0.25, -0.2) is 0 Å². The van der Waals surface area contributed by atoms with Crippen LogP contribution in [0.15, 0.2) is 0 Å². The number of likely N-dealkylation sites (N-methyl/N-ethyl adjacent to an activating group) is 1. The third-order valence-electron chi connectivity index (χ3n) is 3.76. The van der Waals surface area contributed by atoms with Crippen LogP contribution >= 0.6 is 0 Å². The molecule has 1 rings (SSSR count). The Balaban J connectivity index is 2.36. The first kappa shape index (κ1) is 13.9. The van der Waals surface area contributed by atoms with E-state index in [1.54, 1.807) is 7.11 Å². The van der Waals surface area contributed by atoms with E-state index in [1.165, 1.54) is 12.8 Å². The summed E-state index contributed by atoms with van der Waals surface area (Å²) in [6.45, 7) is 8.29. The van der Waals surface area contributed by atoms with Crippen LogP contribution in [0.4, 0.5) is 0 Å². The van der Waals surface area contributed by atoms with Crippen molar-refractivity contribution in [2.24, 2.45) is 11.8 Å². The maximum Gasteiger partial charge on any atom is 0.0589 e. The molecule has 16 heavy (non-hydrogen) atoms. The topological polar surface area (TPSA) is 32.7 Å². The first-order valence-corrected chi connectivity index (χ1v) is 6.56. The number of methoxy groups -OCH3 is 1. The summed E-state index contributed by atoms with van der Waals surface area (Å²) in [4.78, 5) is 2.38. The SMILES string of the molecule is CCN(CCOC)CC1CC(C)CCC1O. The van der Waals surface area contributed by atoms with E-state index < -0.39 is 0 Å². The summed E-state index contributed by atoms with van der Waals surface area (Å²) in [7, 11) is 1.74. The monoisotopic (exact) mass is 229 g/mol. The van der Waals surface area contributed by atoms with Crippen LogP contribution in [-0.4, -0.2) is 49.5 Å². The summed E-state index contributed by atoms with van der Waals surface area (Å²) < 4.78 is 5.11. The predicted octanol–water partition coefficient (Wildman–Crippen LogP) is 1.75. The Kier molecular flexibility index (Phi) is 6.32. The second-order valence-electron chi connectivity index (χ2n) is 5.13. The quantitative estimate of drug-likeness (QED) is 0.753. The number of hydrogen-bond donors (Lipinski definition) is 1. The average Bonchev–Trinajstić information content (AvgIpc) is 2.28. The third-order valence-corrected chi connectivity index (χ3v) is 3.76. The fourth-order valence-corrected chi connectivity index (χ4v) is 2.61. The van der Waals surface area contributed by atoms with Gasteiger partial charge in [0.15, 0.2) is 0 Å². The van der Waals surface area contributed by atoms with E-state index in [1.807, 2.05) is 0 Å². The van der Waals surface area contributed by atoms with Gasteiger partial charge < -0.3 is 14.7 Å². The van der Waals surface area contributed by atoms with Crippen LogP contribution in [0.25, 0.3) is 0 Å². The van der Waals surface area contributed by atoms with E-state index >= 15 is 0 Å². The van der Waals surface area contributed by atoms with Crippen LogP contribution in [-0.2, 0) is 4.74 Å². The molecule has 0 bridgehead atoms. The van der Waals surface area contributed by atoms with Crippen molar-refractivity contribution in [2.75, 3.05) is 33.4 Å². The van der Waals surface area contributed by atoms with Crippen LogP contribution < -0.4 is 0 Å². The lowest BCUT2D eigenvalue weighted by Crippen LogP contribution is -2.39. The molecular weight excluding hydrogens is 202 g/mol. The maximum absolute atomic E-state index is 10.00. The summed E-state index contributed by atoms with van der Waals surface area (Å²) in [6, 6.07) is 0. The van der Waals surface area contributed by atoms with Gasteiger partial charge in [0.1, 0.15) is 0 Å². The van der Waals surface area contributed by atoms with Gasteiger partial charge in [0.2, 0.25) is 0 Å². The average molecular weight is 229 g/mol. The Hall–Kier alpha value is -0.120. The van der Waals surface area contributed by atoms with Gasteiger partial charge in [0, 0.05) is 20.2 Å². The van der Waals surface area contributed by atoms with Gasteiger partial charge in [-0.1, -0.05) is 13.8 Å². The van der Waals surface area contributed by atoms with E-state index in [0.29, 0.717) is 5.92 Å². The number of aliphatic hydroxyl groups excluding tert-OH is 1. The lowest BCUT2D eigenvalue weighted by atomic mass is 9.80. The van der Waals surface area contributed by atoms with E-state index in [0.717, 1.165) is 38.6 Å². The van der Waals surface area contributed by atoms with Crippen LogP contribution in [0.5, 0.6) is 0 Å². The molecule has 3 unspecified atom stereocenters. The normalized spacial score (nSPS) is 30.9. The van der Waals surface area contributed by atoms with Crippen molar-refractivity contribution in [2.45, 2.75) is 39.2 Å². The lowest BCUT2D eigenvalue weighted by molar-refractivity contribution is 0.0268. The van der Waals surface area contributed by atoms with Crippen molar-refractivity contribution in [3.8, 4) is 0 Å². The fourth-order valence-electron chi connectivity index (χ4n) is 2.61. The van der Waals surface area contributed by atoms with Crippen molar-refractivity contribution in [3.63, 3.8) is 0 Å². The number of ether oxygens (including phenoxy) is 1. The van der Waals surface area contributed by atoms with Gasteiger partial charge in [0.05, 0.1) is 12.7 Å². The molecule has 0 spiro atoms. The Bertz CT molecular complexity index is 187. The van der Waals surface area contributed by atoms with Gasteiger partial charge in [-0.15, -0.1) is 0 Å². The second-order valence-corrected chi connectivity index (χ2v) is 5.13. The Labute approximate surface area is 99.8 Å². The zero-order valence-electron chi connectivity index (χ0n) is 11.0. The summed E-state index contributed by atoms with van der Waals surface area (Å²) in [5.41, 5.74) is 0. The highest BCUT2D eigenvalue weighted by Gasteiger charge is 2.28. The zero-order chi connectivity index (χ0) is 12.0. The van der Waals surface area contributed by atoms with Crippen LogP contribution in [0.1, 0.15) is 33.1 Å². The van der Waals surface area contributed by atoms with Gasteiger partial charge in [0.25, 0.3) is 0 Å². The van der Waals surface area contributed by atoms with E-state index in [-0.39, 0.29) is 6.10 Å². The molecule has 3 heteroatoms. The fraction of sp³-hybridized carbons (Fsp3) is 1.00. The van der Waals surface area contributed by atoms with Gasteiger partial charge in [-0.2, -0.15) is 0 Å². The van der Waals surface area contributed by atoms with Crippen molar-refractivity contribution in [1.82, 2.24) is 4.90 Å². The van der Waals surface area contributed by atoms with E-state index in [2.05, 4.69) is 18.7 Å². The molecular formula is C13H27NO2. The van der Waals surface area contributed by atoms with Crippen molar-refractivity contribution >= 4 is 0 Å². The van der Waals surface area contributed by atoms with Crippen LogP contribution in [0.2, 0.25) is 0 Å². The number of hydrogen-bond acceptors (Lipinski definition) is 3. The van der Waals surface area contributed by atoms with Gasteiger partial charge in [-0.3, -0.25) is 0 Å². The van der Waals surface area contributed by atoms with Gasteiger partial charge in [-0.05, 0) is 37.6 Å². The lowest BCUT2D eigenvalue weighted by Gasteiger charge is -2.35. The molecule has 0 heterocycles. The highest BCUT2D eigenvalue weighted by molar-refractivity contribution is 4.80. The molecule has 1 N–H and O–H groups in total. The first-order chi connectivity index (χ1) is 7.67. The molecule has 1 saturated carbocycles. The Morgan fingerprint density at radius 3 is 2.75 bits per heavy atom. The van der Waals surface area contributed by atoms with E-state index in [9.17, 15) is 5.11 Å². The highest BCUT2D eigenvalue weighted by atomic mass is 16.5. The largest absolute Gasteiger partial charge is 0.393 e. The maximum atomic E-state index is 10.00. The molecule has 3 nitrogen and oxygen atoms in total. The molecule has 0 aliphatic heterocycles. The van der Waals surface area contributed by atoms with Crippen molar-refractivity contribution in [3.05, 3.63) is 0 Å². The standard InChI is InChI=1S/C13H27NO2/c1-4-14(7-8-16-3)10-12-9-11(2)5-6-13(12)15/h11-13,15H,4-10H2,1-3H3. The zero-order valence-corrected chi connectivity index (χ0v) is 11.0. The molecule has 1 aliphatic rings. The second kappa shape index (κ2) is 7.25. The minimum absolute atomic E-state index is 0.0900.